The molecule has 2 fully saturated rings. The molecule has 0 spiro atoms. The van der Waals surface area contributed by atoms with Crippen LogP contribution in [0, 0.1) is 5.92 Å². The smallest absolute Gasteiger partial charge is 0.310 e. The minimum Gasteiger partial charge on any atom is -0.433 e. The van der Waals surface area contributed by atoms with Crippen molar-refractivity contribution in [3.63, 3.8) is 0 Å². The lowest BCUT2D eigenvalue weighted by Crippen LogP contribution is -2.56. The Morgan fingerprint density at radius 3 is 2.56 bits per heavy atom. The van der Waals surface area contributed by atoms with Gasteiger partial charge in [0, 0.05) is 25.5 Å². The van der Waals surface area contributed by atoms with Crippen molar-refractivity contribution in [2.24, 2.45) is 5.92 Å². The lowest BCUT2D eigenvalue weighted by molar-refractivity contribution is -0.164. The molecule has 1 aromatic rings. The number of pyridine rings is 1. The Labute approximate surface area is 207 Å². The Kier molecular flexibility index (Phi) is 8.72. The van der Waals surface area contributed by atoms with Crippen molar-refractivity contribution in [1.82, 2.24) is 20.5 Å². The van der Waals surface area contributed by atoms with E-state index in [1.54, 1.807) is 20.8 Å². The van der Waals surface area contributed by atoms with Gasteiger partial charge in [-0.05, 0) is 25.7 Å². The maximum atomic E-state index is 13.4. The molecule has 12 heteroatoms. The molecule has 0 bridgehead atoms. The predicted molar refractivity (Wildman–Crippen MR) is 123 cm³/mol. The van der Waals surface area contributed by atoms with Gasteiger partial charge in [-0.3, -0.25) is 24.2 Å². The topological polar surface area (TPSA) is 127 Å². The third-order valence-corrected chi connectivity index (χ3v) is 6.33. The Bertz CT molecular complexity index is 939. The number of amides is 3. The van der Waals surface area contributed by atoms with Crippen molar-refractivity contribution < 1.29 is 28.7 Å². The van der Waals surface area contributed by atoms with Crippen LogP contribution in [0.15, 0.2) is 12.4 Å². The van der Waals surface area contributed by atoms with E-state index in [2.05, 4.69) is 15.6 Å². The quantitative estimate of drug-likeness (QED) is 0.507. The number of likely N-dealkylation sites (tertiary alicyclic amines) is 1. The molecule has 10 nitrogen and oxygen atoms in total. The lowest BCUT2D eigenvalue weighted by Gasteiger charge is -2.31. The molecule has 0 radical (unpaired) electrons. The number of nitrogens with zero attached hydrogens (tertiary/aromatic N) is 2. The number of hydrogen-bond donors (Lipinski definition) is 2. The molecule has 2 aliphatic rings. The van der Waals surface area contributed by atoms with Crippen LogP contribution in [0.5, 0.6) is 0 Å². The summed E-state index contributed by atoms with van der Waals surface area (Å²) in [5.74, 6) is -2.12. The van der Waals surface area contributed by atoms with Gasteiger partial charge >= 0.3 is 5.97 Å². The van der Waals surface area contributed by atoms with E-state index < -0.39 is 42.2 Å². The fourth-order valence-electron chi connectivity index (χ4n) is 4.08. The summed E-state index contributed by atoms with van der Waals surface area (Å²) in [6.07, 6.45) is 2.81. The third kappa shape index (κ3) is 5.79. The van der Waals surface area contributed by atoms with Crippen molar-refractivity contribution in [2.75, 3.05) is 13.2 Å². The number of hydrogen-bond acceptors (Lipinski definition) is 7. The van der Waals surface area contributed by atoms with E-state index in [0.717, 1.165) is 0 Å². The largest absolute Gasteiger partial charge is 0.433 e. The van der Waals surface area contributed by atoms with Crippen molar-refractivity contribution >= 4 is 46.9 Å². The van der Waals surface area contributed by atoms with E-state index in [1.165, 1.54) is 17.3 Å². The van der Waals surface area contributed by atoms with Crippen LogP contribution in [-0.4, -0.2) is 71.1 Å². The van der Waals surface area contributed by atoms with Gasteiger partial charge < -0.3 is 25.0 Å². The van der Waals surface area contributed by atoms with Crippen molar-refractivity contribution in [2.45, 2.75) is 64.4 Å². The molecule has 4 atom stereocenters. The highest BCUT2D eigenvalue weighted by atomic mass is 35.5. The number of carbonyl (C=O) groups excluding carboxylic acids is 4. The van der Waals surface area contributed by atoms with Crippen molar-refractivity contribution in [3.8, 4) is 0 Å². The molecular weight excluding hydrogens is 487 g/mol. The second-order valence-electron chi connectivity index (χ2n) is 8.50. The highest BCUT2D eigenvalue weighted by Crippen LogP contribution is 2.25. The van der Waals surface area contributed by atoms with Gasteiger partial charge in [-0.2, -0.15) is 0 Å². The standard InChI is InChI=1S/C22H28Cl2N4O6/c1-4-33-22-14(8-16(29)34-22)26-19(30)15-6-5-7-28(15)21(32)18(11(2)3)27-20(31)17-12(23)9-25-10-13(17)24/h9-11,14-15,18,22H,4-8H2,1-3H3,(H,26,30)(H,27,31)/t14-,15-,18-,22+/m0/s1. The van der Waals surface area contributed by atoms with Gasteiger partial charge in [-0.15, -0.1) is 0 Å². The predicted octanol–water partition coefficient (Wildman–Crippen LogP) is 1.93. The first-order valence-electron chi connectivity index (χ1n) is 11.2. The Hall–Kier alpha value is -2.43. The monoisotopic (exact) mass is 514 g/mol. The van der Waals surface area contributed by atoms with Crippen molar-refractivity contribution in [3.05, 3.63) is 28.0 Å². The summed E-state index contributed by atoms with van der Waals surface area (Å²) in [6, 6.07) is -2.28. The maximum absolute atomic E-state index is 13.4. The van der Waals surface area contributed by atoms with Gasteiger partial charge in [0.1, 0.15) is 18.1 Å². The van der Waals surface area contributed by atoms with Crippen molar-refractivity contribution in [1.29, 1.82) is 0 Å². The number of nitrogens with one attached hydrogen (secondary N) is 2. The van der Waals surface area contributed by atoms with Gasteiger partial charge in [-0.1, -0.05) is 37.0 Å². The van der Waals surface area contributed by atoms with Gasteiger partial charge in [0.2, 0.25) is 18.1 Å². The SMILES string of the molecule is CCO[C@@H]1OC(=O)C[C@@H]1NC(=O)[C@@H]1CCCN1C(=O)[C@@H](NC(=O)c1c(Cl)cncc1Cl)C(C)C. The fourth-order valence-corrected chi connectivity index (χ4v) is 4.62. The molecule has 2 saturated heterocycles. The second-order valence-corrected chi connectivity index (χ2v) is 9.31. The van der Waals surface area contributed by atoms with Crippen LogP contribution in [0.25, 0.3) is 0 Å². The number of ether oxygens (including phenoxy) is 2. The zero-order valence-electron chi connectivity index (χ0n) is 19.2. The molecule has 2 N–H and O–H groups in total. The Morgan fingerprint density at radius 2 is 1.94 bits per heavy atom. The van der Waals surface area contributed by atoms with E-state index in [0.29, 0.717) is 26.0 Å². The maximum Gasteiger partial charge on any atom is 0.310 e. The molecule has 186 valence electrons. The van der Waals surface area contributed by atoms with Gasteiger partial charge in [0.15, 0.2) is 0 Å². The summed E-state index contributed by atoms with van der Waals surface area (Å²) >= 11 is 12.2. The first-order chi connectivity index (χ1) is 16.1. The van der Waals surface area contributed by atoms with E-state index in [9.17, 15) is 19.2 Å². The normalized spacial score (nSPS) is 23.1. The van der Waals surface area contributed by atoms with Gasteiger partial charge in [-0.25, -0.2) is 0 Å². The van der Waals surface area contributed by atoms with E-state index >= 15 is 0 Å². The molecule has 0 unspecified atom stereocenters. The first-order valence-corrected chi connectivity index (χ1v) is 11.9. The molecule has 0 saturated carbocycles. The van der Waals surface area contributed by atoms with Crippen LogP contribution < -0.4 is 10.6 Å². The lowest BCUT2D eigenvalue weighted by atomic mass is 10.0. The summed E-state index contributed by atoms with van der Waals surface area (Å²) < 4.78 is 10.5. The summed E-state index contributed by atoms with van der Waals surface area (Å²) in [4.78, 5) is 56.3. The number of rotatable bonds is 8. The van der Waals surface area contributed by atoms with Crippen LogP contribution in [-0.2, 0) is 23.9 Å². The van der Waals surface area contributed by atoms with E-state index in [4.69, 9.17) is 32.7 Å². The zero-order valence-corrected chi connectivity index (χ0v) is 20.7. The van der Waals surface area contributed by atoms with Crippen LogP contribution in [0.3, 0.4) is 0 Å². The minimum absolute atomic E-state index is 0.00476. The Morgan fingerprint density at radius 1 is 1.26 bits per heavy atom. The highest BCUT2D eigenvalue weighted by molar-refractivity contribution is 6.39. The number of aromatic nitrogens is 1. The molecule has 34 heavy (non-hydrogen) atoms. The Balaban J connectivity index is 1.72. The molecular formula is C22H28Cl2N4O6. The summed E-state index contributed by atoms with van der Waals surface area (Å²) in [5.41, 5.74) is 0.0281. The number of esters is 1. The molecule has 3 amide bonds. The second kappa shape index (κ2) is 11.3. The average Bonchev–Trinajstić information content (AvgIpc) is 3.38. The van der Waals surface area contributed by atoms with Crippen LogP contribution in [0.4, 0.5) is 0 Å². The number of halogens is 2. The fraction of sp³-hybridized carbons (Fsp3) is 0.591. The number of cyclic esters (lactones) is 1. The molecule has 3 rings (SSSR count). The average molecular weight is 515 g/mol. The third-order valence-electron chi connectivity index (χ3n) is 5.76. The summed E-state index contributed by atoms with van der Waals surface area (Å²) in [5, 5.41) is 5.63. The molecule has 0 aromatic carbocycles. The number of carbonyl (C=O) groups is 4. The highest BCUT2D eigenvalue weighted by Gasteiger charge is 2.42. The first kappa shape index (κ1) is 26.2. The van der Waals surface area contributed by atoms with E-state index in [1.807, 2.05) is 0 Å². The zero-order chi connectivity index (χ0) is 25.0. The van der Waals surface area contributed by atoms with Gasteiger partial charge in [0.25, 0.3) is 5.91 Å². The molecule has 1 aromatic heterocycles. The van der Waals surface area contributed by atoms with Crippen LogP contribution in [0.1, 0.15) is 50.4 Å². The van der Waals surface area contributed by atoms with E-state index in [-0.39, 0.29) is 33.9 Å². The summed E-state index contributed by atoms with van der Waals surface area (Å²) in [6.45, 7) is 6.02. The van der Waals surface area contributed by atoms with Gasteiger partial charge in [0.05, 0.1) is 22.0 Å². The molecule has 2 aliphatic heterocycles. The molecule has 3 heterocycles. The van der Waals surface area contributed by atoms with Crippen LogP contribution in [0.2, 0.25) is 10.0 Å². The molecule has 0 aliphatic carbocycles. The summed E-state index contributed by atoms with van der Waals surface area (Å²) in [7, 11) is 0. The minimum atomic E-state index is -0.909. The van der Waals surface area contributed by atoms with Crippen LogP contribution >= 0.6 is 23.2 Å².